The van der Waals surface area contributed by atoms with E-state index in [1.165, 1.54) is 0 Å². The molecule has 1 aliphatic rings. The summed E-state index contributed by atoms with van der Waals surface area (Å²) in [5.41, 5.74) is 6.18. The monoisotopic (exact) mass is 374 g/mol. The summed E-state index contributed by atoms with van der Waals surface area (Å²) in [5, 5.41) is 2.79. The van der Waals surface area contributed by atoms with Gasteiger partial charge in [-0.25, -0.2) is 8.42 Å². The lowest BCUT2D eigenvalue weighted by Crippen LogP contribution is -2.28. The summed E-state index contributed by atoms with van der Waals surface area (Å²) < 4.78 is 26.3. The molecular weight excluding hydrogens is 352 g/mol. The fraction of sp³-hybridized carbons (Fsp3) is 0.467. The van der Waals surface area contributed by atoms with Crippen LogP contribution in [0.4, 0.5) is 0 Å². The first-order valence-corrected chi connectivity index (χ1v) is 9.07. The number of benzene rings is 1. The Hall–Kier alpha value is -1.64. The molecule has 1 aromatic rings. The van der Waals surface area contributed by atoms with E-state index in [4.69, 9.17) is 5.73 Å². The highest BCUT2D eigenvalue weighted by Gasteiger charge is 2.29. The summed E-state index contributed by atoms with van der Waals surface area (Å²) in [6.45, 7) is 2.84. The largest absolute Gasteiger partial charge is 0.356 e. The van der Waals surface area contributed by atoms with E-state index < -0.39 is 10.0 Å². The highest BCUT2D eigenvalue weighted by molar-refractivity contribution is 7.90. The first-order valence-electron chi connectivity index (χ1n) is 7.59. The third-order valence-corrected chi connectivity index (χ3v) is 4.81. The predicted octanol–water partition coefficient (Wildman–Crippen LogP) is 0.781. The van der Waals surface area contributed by atoms with E-state index in [0.29, 0.717) is 37.3 Å². The molecule has 1 unspecified atom stereocenters. The van der Waals surface area contributed by atoms with Gasteiger partial charge in [-0.3, -0.25) is 14.5 Å². The van der Waals surface area contributed by atoms with E-state index in [1.807, 2.05) is 6.92 Å². The highest BCUT2D eigenvalue weighted by Crippen LogP contribution is 2.22. The minimum Gasteiger partial charge on any atom is -0.356 e. The number of carbonyl (C=O) groups is 1. The number of amides is 1. The summed E-state index contributed by atoms with van der Waals surface area (Å²) in [7, 11) is -3.50. The first-order chi connectivity index (χ1) is 10.9. The van der Waals surface area contributed by atoms with Crippen molar-refractivity contribution in [2.24, 2.45) is 10.7 Å². The third kappa shape index (κ3) is 5.47. The molecule has 24 heavy (non-hydrogen) atoms. The van der Waals surface area contributed by atoms with Gasteiger partial charge in [0.1, 0.15) is 5.84 Å². The van der Waals surface area contributed by atoms with Crippen LogP contribution in [-0.2, 0) is 14.8 Å². The number of nitrogens with zero attached hydrogens (tertiary/aromatic N) is 1. The topological polar surface area (TPSA) is 114 Å². The summed E-state index contributed by atoms with van der Waals surface area (Å²) in [4.78, 5) is 16.1. The van der Waals surface area contributed by atoms with Crippen LogP contribution in [0.25, 0.3) is 0 Å². The van der Waals surface area contributed by atoms with E-state index in [2.05, 4.69) is 15.0 Å². The fourth-order valence-electron chi connectivity index (χ4n) is 2.21. The van der Waals surface area contributed by atoms with Crippen molar-refractivity contribution in [3.63, 3.8) is 0 Å². The third-order valence-electron chi connectivity index (χ3n) is 3.42. The van der Waals surface area contributed by atoms with Crippen LogP contribution in [0, 0.1) is 0 Å². The van der Waals surface area contributed by atoms with Crippen molar-refractivity contribution in [2.75, 3.05) is 13.1 Å². The Morgan fingerprint density at radius 2 is 2.08 bits per heavy atom. The molecule has 1 aromatic carbocycles. The zero-order valence-corrected chi connectivity index (χ0v) is 15.1. The number of carbonyl (C=O) groups excluding carboxylic acids is 1. The maximum atomic E-state index is 11.9. The lowest BCUT2D eigenvalue weighted by Gasteiger charge is -2.06. The SMILES string of the molecule is CC(N)CCNC(=O)CCCN=C1NS(=O)(=O)c2ccccc21.Cl. The summed E-state index contributed by atoms with van der Waals surface area (Å²) in [6.07, 6.45) is 1.65. The molecule has 0 aromatic heterocycles. The van der Waals surface area contributed by atoms with Crippen LogP contribution >= 0.6 is 12.4 Å². The zero-order chi connectivity index (χ0) is 16.9. The van der Waals surface area contributed by atoms with Crippen LogP contribution in [0.2, 0.25) is 0 Å². The number of hydrogen-bond acceptors (Lipinski definition) is 5. The predicted molar refractivity (Wildman–Crippen MR) is 95.9 cm³/mol. The molecule has 7 nitrogen and oxygen atoms in total. The molecule has 0 saturated carbocycles. The highest BCUT2D eigenvalue weighted by atomic mass is 35.5. The van der Waals surface area contributed by atoms with Gasteiger partial charge >= 0.3 is 0 Å². The van der Waals surface area contributed by atoms with Crippen molar-refractivity contribution in [2.45, 2.75) is 37.1 Å². The van der Waals surface area contributed by atoms with E-state index in [9.17, 15) is 13.2 Å². The second kappa shape index (κ2) is 9.00. The van der Waals surface area contributed by atoms with Gasteiger partial charge in [0.2, 0.25) is 5.91 Å². The average molecular weight is 375 g/mol. The number of aliphatic imine (C=N–C) groups is 1. The number of hydrogen-bond donors (Lipinski definition) is 3. The number of rotatable bonds is 7. The Morgan fingerprint density at radius 1 is 1.38 bits per heavy atom. The van der Waals surface area contributed by atoms with Crippen LogP contribution in [0.3, 0.4) is 0 Å². The molecule has 4 N–H and O–H groups in total. The van der Waals surface area contributed by atoms with Gasteiger partial charge in [0.05, 0.1) is 4.90 Å². The first kappa shape index (κ1) is 20.4. The van der Waals surface area contributed by atoms with Crippen molar-refractivity contribution in [3.05, 3.63) is 29.8 Å². The minimum atomic E-state index is -3.50. The van der Waals surface area contributed by atoms with Crippen molar-refractivity contribution in [3.8, 4) is 0 Å². The Kier molecular flexibility index (Phi) is 7.65. The van der Waals surface area contributed by atoms with Crippen LogP contribution in [0.1, 0.15) is 31.7 Å². The second-order valence-electron chi connectivity index (χ2n) is 5.55. The van der Waals surface area contributed by atoms with Gasteiger partial charge in [-0.1, -0.05) is 12.1 Å². The van der Waals surface area contributed by atoms with E-state index >= 15 is 0 Å². The molecular formula is C15H23ClN4O3S. The quantitative estimate of drug-likeness (QED) is 0.612. The van der Waals surface area contributed by atoms with Crippen LogP contribution in [0.5, 0.6) is 0 Å². The van der Waals surface area contributed by atoms with Crippen molar-refractivity contribution in [1.29, 1.82) is 0 Å². The molecule has 1 aliphatic heterocycles. The minimum absolute atomic E-state index is 0. The molecule has 134 valence electrons. The van der Waals surface area contributed by atoms with E-state index in [0.717, 1.165) is 6.42 Å². The van der Waals surface area contributed by atoms with E-state index in [1.54, 1.807) is 24.3 Å². The van der Waals surface area contributed by atoms with Crippen molar-refractivity contribution < 1.29 is 13.2 Å². The number of sulfonamides is 1. The molecule has 0 bridgehead atoms. The number of halogens is 1. The molecule has 1 atom stereocenters. The lowest BCUT2D eigenvalue weighted by molar-refractivity contribution is -0.121. The molecule has 0 aliphatic carbocycles. The number of nitrogens with two attached hydrogens (primary N) is 1. The van der Waals surface area contributed by atoms with Gasteiger partial charge in [0.25, 0.3) is 10.0 Å². The van der Waals surface area contributed by atoms with Gasteiger partial charge in [-0.05, 0) is 31.9 Å². The fourth-order valence-corrected chi connectivity index (χ4v) is 3.46. The Balaban J connectivity index is 0.00000288. The second-order valence-corrected chi connectivity index (χ2v) is 7.20. The van der Waals surface area contributed by atoms with Gasteiger partial charge in [-0.15, -0.1) is 12.4 Å². The van der Waals surface area contributed by atoms with Crippen LogP contribution < -0.4 is 15.8 Å². The molecule has 0 spiro atoms. The summed E-state index contributed by atoms with van der Waals surface area (Å²) in [5.74, 6) is 0.302. The Labute approximate surface area is 148 Å². The molecule has 1 heterocycles. The van der Waals surface area contributed by atoms with Crippen molar-refractivity contribution in [1.82, 2.24) is 10.0 Å². The number of nitrogens with one attached hydrogen (secondary N) is 2. The van der Waals surface area contributed by atoms with E-state index in [-0.39, 0.29) is 29.3 Å². The van der Waals surface area contributed by atoms with Crippen LogP contribution in [0.15, 0.2) is 34.2 Å². The average Bonchev–Trinajstić information content (AvgIpc) is 2.75. The van der Waals surface area contributed by atoms with Gasteiger partial charge in [0.15, 0.2) is 0 Å². The Morgan fingerprint density at radius 3 is 2.79 bits per heavy atom. The lowest BCUT2D eigenvalue weighted by atomic mass is 10.2. The molecule has 0 saturated heterocycles. The molecule has 0 fully saturated rings. The molecule has 9 heteroatoms. The van der Waals surface area contributed by atoms with Gasteiger partial charge in [0, 0.05) is 31.1 Å². The normalized spacial score (nSPS) is 17.5. The summed E-state index contributed by atoms with van der Waals surface area (Å²) in [6, 6.07) is 6.77. The summed E-state index contributed by atoms with van der Waals surface area (Å²) >= 11 is 0. The molecule has 2 rings (SSSR count). The molecule has 0 radical (unpaired) electrons. The maximum absolute atomic E-state index is 11.9. The van der Waals surface area contributed by atoms with Crippen LogP contribution in [-0.4, -0.2) is 39.3 Å². The molecule has 1 amide bonds. The maximum Gasteiger partial charge on any atom is 0.263 e. The Bertz CT molecular complexity index is 704. The smallest absolute Gasteiger partial charge is 0.263 e. The number of amidine groups is 1. The van der Waals surface area contributed by atoms with Gasteiger partial charge < -0.3 is 11.1 Å². The van der Waals surface area contributed by atoms with Crippen molar-refractivity contribution >= 4 is 34.2 Å². The van der Waals surface area contributed by atoms with Gasteiger partial charge in [-0.2, -0.15) is 0 Å². The zero-order valence-electron chi connectivity index (χ0n) is 13.5. The standard InChI is InChI=1S/C15H22N4O3S.ClH/c1-11(16)8-10-17-14(20)7-4-9-18-15-12-5-2-3-6-13(12)23(21,22)19-15;/h2-3,5-6,11H,4,7-10,16H2,1H3,(H,17,20)(H,18,19);1H. The number of fused-ring (bicyclic) bond motifs is 1.